The van der Waals surface area contributed by atoms with Crippen molar-refractivity contribution in [3.63, 3.8) is 0 Å². The molecule has 1 saturated heterocycles. The van der Waals surface area contributed by atoms with Crippen molar-refractivity contribution >= 4 is 93.4 Å². The maximum Gasteiger partial charge on any atom is 0.312 e. The summed E-state index contributed by atoms with van der Waals surface area (Å²) in [6.45, 7) is 10.1. The molecule has 1 aliphatic rings. The van der Waals surface area contributed by atoms with Crippen LogP contribution < -0.4 is 70.0 Å². The Labute approximate surface area is 610 Å². The Morgan fingerprint density at radius 2 is 1.03 bits per heavy atom. The van der Waals surface area contributed by atoms with E-state index in [1.54, 1.807) is 50.2 Å². The number of aliphatic hydroxyl groups is 1. The quantitative estimate of drug-likeness (QED) is 0.0248. The number of hydrogen-bond acceptors (Lipinski definition) is 16. The van der Waals surface area contributed by atoms with Gasteiger partial charge in [-0.2, -0.15) is 0 Å². The Morgan fingerprint density at radius 3 is 1.59 bits per heavy atom. The maximum atomic E-state index is 15.0. The number of fused-ring (bicyclic) bond motifs is 1. The predicted molar refractivity (Wildman–Crippen MR) is 390 cm³/mol. The number of nitrogens with two attached hydrogens (primary N) is 2. The SMILES string of the molecule is CC(=O)N[C@H](Cc1ccc2ccccc2c1)C(=O)N[C@@H](Cc1ccc(Cl)cc1)C(=O)N[C@H](Cc1cccnc1)C(=O)N[C@@H](CO)C(=O)N[C@@H](Cc1ccc(O)cc1)C(=O)N[C@H](CCCCNC(N)=O)C(=O)N[C@@H](CC(C)C)C(=O)N[C@@H](CCCCNC(C)C)C(=O)N1CCC[C@H]1C(=O)N[C@H](C)C(N)=O. The van der Waals surface area contributed by atoms with Gasteiger partial charge >= 0.3 is 6.03 Å². The van der Waals surface area contributed by atoms with Crippen molar-refractivity contribution in [2.45, 2.75) is 191 Å². The molecule has 2 heterocycles. The number of pyridine rings is 1. The maximum absolute atomic E-state index is 15.0. The molecular formula is C74H100ClN15O14. The van der Waals surface area contributed by atoms with Gasteiger partial charge in [-0.1, -0.05) is 112 Å². The van der Waals surface area contributed by atoms with Crippen LogP contribution in [0.3, 0.4) is 0 Å². The van der Waals surface area contributed by atoms with Gasteiger partial charge in [0.25, 0.3) is 0 Å². The van der Waals surface area contributed by atoms with E-state index in [-0.39, 0.29) is 95.0 Å². The zero-order chi connectivity index (χ0) is 76.0. The molecule has 0 spiro atoms. The number of unbranched alkanes of at least 4 members (excludes halogenated alkanes) is 2. The number of benzene rings is 4. The number of primary amides is 2. The average Bonchev–Trinajstić information content (AvgIpc) is 1.63. The van der Waals surface area contributed by atoms with Gasteiger partial charge in [-0.05, 0) is 141 Å². The standard InChI is InChI=1S/C74H100ClN15O14/c1-43(2)35-57(66(96)84-56(19-10-11-32-79-44(3)4)73(103)90-34-14-20-63(90)72(102)81-45(5)64(76)94)85-65(95)55(18-9-12-33-80-74(77)104)83-68(98)59(38-48-24-29-54(93)30-25-48)88-71(101)62(42-91)89-70(100)61(40-50-15-13-31-78-41-50)87-69(99)60(37-47-22-27-53(75)28-23-47)86-67(97)58(82-46(6)92)39-49-21-26-51-16-7-8-17-52(51)36-49/h7-8,13,15-17,21-31,36,41,43-45,55-63,79,91,93H,9-12,14,18-20,32-35,37-40,42H2,1-6H3,(H2,76,94)(H,81,102)(H,82,92)(H,83,98)(H,84,96)(H,85,95)(H,86,97)(H,87,99)(H,88,101)(H,89,100)(H3,77,80,104)/t45-,55-,56+,57+,58-,59+,60+,61-,62+,63+/m1/s1. The number of nitrogens with zero attached hydrogens (tertiary/aromatic N) is 2. The number of amides is 13. The number of phenolic OH excluding ortho intramolecular Hbond substituents is 1. The minimum absolute atomic E-state index is 0.0327. The molecule has 104 heavy (non-hydrogen) atoms. The van der Waals surface area contributed by atoms with E-state index in [0.717, 1.165) is 10.8 Å². The molecule has 1 aliphatic heterocycles. The summed E-state index contributed by atoms with van der Waals surface area (Å²) in [6, 6.07) is 14.4. The Balaban J connectivity index is 1.26. The van der Waals surface area contributed by atoms with E-state index in [0.29, 0.717) is 53.1 Å². The van der Waals surface area contributed by atoms with Crippen LogP contribution >= 0.6 is 11.6 Å². The van der Waals surface area contributed by atoms with Crippen molar-refractivity contribution in [2.24, 2.45) is 17.4 Å². The molecule has 13 amide bonds. The van der Waals surface area contributed by atoms with Crippen LogP contribution in [0, 0.1) is 5.92 Å². The fourth-order valence-electron chi connectivity index (χ4n) is 11.9. The first-order chi connectivity index (χ1) is 49.6. The van der Waals surface area contributed by atoms with Gasteiger partial charge < -0.3 is 85.1 Å². The highest BCUT2D eigenvalue weighted by Crippen LogP contribution is 2.23. The number of urea groups is 1. The van der Waals surface area contributed by atoms with Crippen LogP contribution in [-0.2, 0) is 78.4 Å². The average molecular weight is 1460 g/mol. The summed E-state index contributed by atoms with van der Waals surface area (Å²) in [5.74, 6) is -9.07. The van der Waals surface area contributed by atoms with Gasteiger partial charge in [-0.15, -0.1) is 0 Å². The van der Waals surface area contributed by atoms with Crippen LogP contribution in [0.2, 0.25) is 5.02 Å². The number of aliphatic hydroxyl groups excluding tert-OH is 1. The van der Waals surface area contributed by atoms with E-state index in [2.05, 4.69) is 63.5 Å². The van der Waals surface area contributed by atoms with Gasteiger partial charge in [0, 0.05) is 69.2 Å². The summed E-state index contributed by atoms with van der Waals surface area (Å²) in [5.41, 5.74) is 12.8. The van der Waals surface area contributed by atoms with Crippen molar-refractivity contribution in [2.75, 3.05) is 26.2 Å². The molecule has 0 saturated carbocycles. The van der Waals surface area contributed by atoms with Gasteiger partial charge in [0.1, 0.15) is 66.2 Å². The van der Waals surface area contributed by atoms with Crippen molar-refractivity contribution in [3.8, 4) is 5.75 Å². The van der Waals surface area contributed by atoms with Crippen LogP contribution in [0.25, 0.3) is 10.8 Å². The van der Waals surface area contributed by atoms with Gasteiger partial charge in [-0.3, -0.25) is 57.7 Å². The number of halogens is 1. The second-order valence-electron chi connectivity index (χ2n) is 26.9. The highest BCUT2D eigenvalue weighted by atomic mass is 35.5. The Kier molecular flexibility index (Phi) is 33.2. The molecule has 0 unspecified atom stereocenters. The summed E-state index contributed by atoms with van der Waals surface area (Å²) < 4.78 is 0. The number of carbonyl (C=O) groups excluding carboxylic acids is 12. The molecule has 17 N–H and O–H groups in total. The molecule has 30 heteroatoms. The predicted octanol–water partition coefficient (Wildman–Crippen LogP) is 1.79. The zero-order valence-electron chi connectivity index (χ0n) is 59.6. The molecule has 1 fully saturated rings. The lowest BCUT2D eigenvalue weighted by Crippen LogP contribution is -2.61. The molecular weight excluding hydrogens is 1360 g/mol. The summed E-state index contributed by atoms with van der Waals surface area (Å²) in [5, 5.41) is 53.5. The second kappa shape index (κ2) is 41.7. The number of likely N-dealkylation sites (tertiary alicyclic amines) is 1. The van der Waals surface area contributed by atoms with E-state index >= 15 is 0 Å². The third-order valence-electron chi connectivity index (χ3n) is 17.5. The molecule has 6 rings (SSSR count). The smallest absolute Gasteiger partial charge is 0.312 e. The van der Waals surface area contributed by atoms with Crippen LogP contribution in [0.4, 0.5) is 4.79 Å². The lowest BCUT2D eigenvalue weighted by atomic mass is 9.99. The third kappa shape index (κ3) is 27.5. The van der Waals surface area contributed by atoms with Crippen molar-refractivity contribution in [3.05, 3.63) is 143 Å². The number of aromatic hydroxyl groups is 1. The molecule has 5 aromatic rings. The molecule has 1 aromatic heterocycles. The minimum atomic E-state index is -1.83. The summed E-state index contributed by atoms with van der Waals surface area (Å²) in [6.07, 6.45) is 4.59. The summed E-state index contributed by atoms with van der Waals surface area (Å²) >= 11 is 6.24. The Bertz CT molecular complexity index is 3740. The fraction of sp³-hybridized carbons (Fsp3) is 0.473. The molecule has 4 aromatic carbocycles. The number of phenols is 1. The minimum Gasteiger partial charge on any atom is -0.508 e. The van der Waals surface area contributed by atoms with E-state index in [1.165, 1.54) is 55.4 Å². The number of aromatic nitrogens is 1. The first kappa shape index (κ1) is 82.7. The number of carbonyl (C=O) groups is 12. The first-order valence-electron chi connectivity index (χ1n) is 35.1. The van der Waals surface area contributed by atoms with Crippen molar-refractivity contribution in [1.82, 2.24) is 68.4 Å². The Morgan fingerprint density at radius 1 is 0.538 bits per heavy atom. The van der Waals surface area contributed by atoms with Gasteiger partial charge in [-0.25, -0.2) is 4.79 Å². The molecule has 10 atom stereocenters. The van der Waals surface area contributed by atoms with E-state index < -0.39 is 138 Å². The van der Waals surface area contributed by atoms with Crippen LogP contribution in [0.15, 0.2) is 116 Å². The molecule has 0 radical (unpaired) electrons. The normalized spacial score (nSPS) is 15.3. The van der Waals surface area contributed by atoms with Gasteiger partial charge in [0.05, 0.1) is 6.61 Å². The number of rotatable bonds is 41. The first-order valence-corrected chi connectivity index (χ1v) is 35.5. The topological polar surface area (TPSA) is 446 Å². The van der Waals surface area contributed by atoms with Gasteiger partial charge in [0.2, 0.25) is 65.0 Å². The lowest BCUT2D eigenvalue weighted by Gasteiger charge is -2.31. The van der Waals surface area contributed by atoms with Gasteiger partial charge in [0.15, 0.2) is 0 Å². The Hall–Kier alpha value is -10.3. The fourth-order valence-corrected chi connectivity index (χ4v) is 12.1. The highest BCUT2D eigenvalue weighted by Gasteiger charge is 2.40. The van der Waals surface area contributed by atoms with Crippen LogP contribution in [0.1, 0.15) is 122 Å². The van der Waals surface area contributed by atoms with Crippen molar-refractivity contribution in [1.29, 1.82) is 0 Å². The lowest BCUT2D eigenvalue weighted by molar-refractivity contribution is -0.142. The second-order valence-corrected chi connectivity index (χ2v) is 27.3. The van der Waals surface area contributed by atoms with Crippen LogP contribution in [-0.4, -0.2) is 184 Å². The van der Waals surface area contributed by atoms with E-state index in [1.807, 2.05) is 56.3 Å². The third-order valence-corrected chi connectivity index (χ3v) is 17.7. The number of hydrogen-bond donors (Lipinski definition) is 15. The number of nitrogens with one attached hydrogen (secondary N) is 11. The molecule has 29 nitrogen and oxygen atoms in total. The zero-order valence-corrected chi connectivity index (χ0v) is 60.4. The van der Waals surface area contributed by atoms with E-state index in [4.69, 9.17) is 23.1 Å². The highest BCUT2D eigenvalue weighted by molar-refractivity contribution is 6.30. The largest absolute Gasteiger partial charge is 0.508 e. The summed E-state index contributed by atoms with van der Waals surface area (Å²) in [7, 11) is 0. The van der Waals surface area contributed by atoms with Crippen LogP contribution in [0.5, 0.6) is 5.75 Å². The molecule has 562 valence electrons. The van der Waals surface area contributed by atoms with Crippen molar-refractivity contribution < 1.29 is 67.7 Å². The monoisotopic (exact) mass is 1460 g/mol. The summed E-state index contributed by atoms with van der Waals surface area (Å²) in [4.78, 5) is 173. The van der Waals surface area contributed by atoms with E-state index in [9.17, 15) is 67.7 Å². The molecule has 0 aliphatic carbocycles. The molecule has 0 bridgehead atoms.